The van der Waals surface area contributed by atoms with Gasteiger partial charge in [0.05, 0.1) is 6.10 Å². The van der Waals surface area contributed by atoms with Gasteiger partial charge in [0.15, 0.2) is 0 Å². The summed E-state index contributed by atoms with van der Waals surface area (Å²) in [5, 5.41) is 17.3. The van der Waals surface area contributed by atoms with Gasteiger partial charge in [0.2, 0.25) is 5.95 Å². The van der Waals surface area contributed by atoms with Gasteiger partial charge in [-0.2, -0.15) is 4.98 Å². The Bertz CT molecular complexity index is 1080. The van der Waals surface area contributed by atoms with Gasteiger partial charge in [-0.1, -0.05) is 23.7 Å². The number of nitrogens with zero attached hydrogens (tertiary/aromatic N) is 4. The number of aliphatic hydroxyl groups is 1. The molecule has 3 N–H and O–H groups in total. The number of aromatic nitrogens is 3. The Morgan fingerprint density at radius 2 is 1.85 bits per heavy atom. The summed E-state index contributed by atoms with van der Waals surface area (Å²) in [4.78, 5) is 15.9. The Morgan fingerprint density at radius 1 is 1.03 bits per heavy atom. The van der Waals surface area contributed by atoms with Crippen LogP contribution in [0.1, 0.15) is 50.0 Å². The zero-order valence-corrected chi connectivity index (χ0v) is 19.8. The molecule has 0 unspecified atom stereocenters. The number of nitrogens with one attached hydrogen (secondary N) is 2. The van der Waals surface area contributed by atoms with Crippen molar-refractivity contribution in [1.29, 1.82) is 0 Å². The van der Waals surface area contributed by atoms with Crippen LogP contribution in [-0.2, 0) is 0 Å². The second-order valence-electron chi connectivity index (χ2n) is 9.09. The third kappa shape index (κ3) is 5.52. The van der Waals surface area contributed by atoms with Gasteiger partial charge in [0, 0.05) is 54.5 Å². The van der Waals surface area contributed by atoms with Crippen molar-refractivity contribution in [2.24, 2.45) is 0 Å². The summed E-state index contributed by atoms with van der Waals surface area (Å²) < 4.78 is 0. The van der Waals surface area contributed by atoms with Crippen LogP contribution in [0.3, 0.4) is 0 Å². The number of aliphatic hydroxyl groups excluding tert-OH is 1. The Labute approximate surface area is 205 Å². The molecule has 0 spiro atoms. The average molecular weight is 477 g/mol. The predicted molar refractivity (Wildman–Crippen MR) is 135 cm³/mol. The van der Waals surface area contributed by atoms with Gasteiger partial charge in [-0.3, -0.25) is 0 Å². The molecular formula is C26H29ClN6O. The summed E-state index contributed by atoms with van der Waals surface area (Å²) >= 11 is 6.03. The van der Waals surface area contributed by atoms with Gasteiger partial charge < -0.3 is 20.6 Å². The third-order valence-corrected chi connectivity index (χ3v) is 6.98. The highest BCUT2D eigenvalue weighted by Crippen LogP contribution is 2.35. The molecule has 2 fully saturated rings. The molecule has 176 valence electrons. The first-order valence-electron chi connectivity index (χ1n) is 12.0. The second-order valence-corrected chi connectivity index (χ2v) is 9.48. The highest BCUT2D eigenvalue weighted by atomic mass is 35.5. The maximum absolute atomic E-state index is 9.91. The Morgan fingerprint density at radius 3 is 2.59 bits per heavy atom. The lowest BCUT2D eigenvalue weighted by Crippen LogP contribution is -2.34. The van der Waals surface area contributed by atoms with Crippen LogP contribution in [-0.4, -0.2) is 45.3 Å². The minimum atomic E-state index is -0.186. The van der Waals surface area contributed by atoms with E-state index in [-0.39, 0.29) is 6.10 Å². The van der Waals surface area contributed by atoms with Crippen molar-refractivity contribution in [3.8, 4) is 0 Å². The van der Waals surface area contributed by atoms with E-state index < -0.39 is 0 Å². The summed E-state index contributed by atoms with van der Waals surface area (Å²) in [5.41, 5.74) is 3.16. The monoisotopic (exact) mass is 476 g/mol. The molecule has 3 heterocycles. The van der Waals surface area contributed by atoms with E-state index in [1.807, 2.05) is 24.4 Å². The molecule has 7 nitrogen and oxygen atoms in total. The number of rotatable bonds is 6. The second kappa shape index (κ2) is 10.5. The third-order valence-electron chi connectivity index (χ3n) is 6.78. The molecule has 5 rings (SSSR count). The Kier molecular flexibility index (Phi) is 6.98. The van der Waals surface area contributed by atoms with Crippen molar-refractivity contribution in [1.82, 2.24) is 15.0 Å². The minimum Gasteiger partial charge on any atom is -0.393 e. The van der Waals surface area contributed by atoms with Crippen LogP contribution in [0.2, 0.25) is 5.15 Å². The van der Waals surface area contributed by atoms with Gasteiger partial charge >= 0.3 is 0 Å². The number of halogens is 1. The fraction of sp³-hybridized carbons (Fsp3) is 0.423. The largest absolute Gasteiger partial charge is 0.393 e. The van der Waals surface area contributed by atoms with E-state index in [1.165, 1.54) is 5.69 Å². The SMILES string of the molecule is O[C@H]1CC[C@H](Nc2nc(Nc3ccnc(Cl)c3)ncc2C2CCN(c3cc#ccc3)CC2)CC1. The van der Waals surface area contributed by atoms with Crippen molar-refractivity contribution in [2.45, 2.75) is 56.6 Å². The van der Waals surface area contributed by atoms with Crippen LogP contribution < -0.4 is 15.5 Å². The van der Waals surface area contributed by atoms with Gasteiger partial charge in [-0.15, -0.1) is 0 Å². The summed E-state index contributed by atoms with van der Waals surface area (Å²) in [5.74, 6) is 1.80. The van der Waals surface area contributed by atoms with Crippen LogP contribution >= 0.6 is 11.6 Å². The van der Waals surface area contributed by atoms with E-state index in [0.29, 0.717) is 23.1 Å². The average Bonchev–Trinajstić information content (AvgIpc) is 2.86. The first kappa shape index (κ1) is 22.7. The number of pyridine rings is 1. The Balaban J connectivity index is 1.34. The van der Waals surface area contributed by atoms with Crippen molar-refractivity contribution in [3.05, 3.63) is 65.6 Å². The van der Waals surface area contributed by atoms with E-state index in [2.05, 4.69) is 43.7 Å². The highest BCUT2D eigenvalue weighted by Gasteiger charge is 2.26. The number of hydrogen-bond donors (Lipinski definition) is 3. The summed E-state index contributed by atoms with van der Waals surface area (Å²) in [6, 6.07) is 15.9. The lowest BCUT2D eigenvalue weighted by Gasteiger charge is -2.34. The molecule has 0 bridgehead atoms. The summed E-state index contributed by atoms with van der Waals surface area (Å²) in [6.45, 7) is 1.96. The topological polar surface area (TPSA) is 86.2 Å². The van der Waals surface area contributed by atoms with Crippen LogP contribution in [0.5, 0.6) is 0 Å². The molecule has 1 aliphatic carbocycles. The van der Waals surface area contributed by atoms with E-state index in [1.54, 1.807) is 12.3 Å². The maximum atomic E-state index is 9.91. The molecule has 8 heteroatoms. The predicted octanol–water partition coefficient (Wildman–Crippen LogP) is 4.97. The van der Waals surface area contributed by atoms with Gasteiger partial charge in [-0.25, -0.2) is 9.97 Å². The van der Waals surface area contributed by atoms with Crippen LogP contribution in [0.15, 0.2) is 42.7 Å². The normalized spacial score (nSPS) is 21.1. The zero-order chi connectivity index (χ0) is 23.3. The number of piperidine rings is 1. The molecule has 0 atom stereocenters. The lowest BCUT2D eigenvalue weighted by atomic mass is 9.89. The molecule has 2 aliphatic rings. The Hall–Kier alpha value is -3.08. The standard InChI is InChI=1S/C26H29ClN6O/c27-24-16-20(10-13-28-24)31-26-29-17-23(25(32-26)30-19-6-8-22(34)9-7-19)18-11-14-33(15-12-18)21-4-2-1-3-5-21/h2,4-5,10,13,16-19,22,34H,6-9,11-12,14-15H2,(H2,28,29,30,31,32)/t19-,22-. The van der Waals surface area contributed by atoms with Crippen molar-refractivity contribution >= 4 is 34.7 Å². The fourth-order valence-corrected chi connectivity index (χ4v) is 5.05. The van der Waals surface area contributed by atoms with Gasteiger partial charge in [0.1, 0.15) is 11.0 Å². The minimum absolute atomic E-state index is 0.186. The highest BCUT2D eigenvalue weighted by molar-refractivity contribution is 6.29. The van der Waals surface area contributed by atoms with E-state index in [4.69, 9.17) is 16.6 Å². The first-order chi connectivity index (χ1) is 16.6. The van der Waals surface area contributed by atoms with Crippen molar-refractivity contribution in [3.63, 3.8) is 0 Å². The molecular weight excluding hydrogens is 448 g/mol. The van der Waals surface area contributed by atoms with Crippen molar-refractivity contribution in [2.75, 3.05) is 28.6 Å². The first-order valence-corrected chi connectivity index (χ1v) is 12.3. The van der Waals surface area contributed by atoms with Crippen LogP contribution in [0.4, 0.5) is 23.1 Å². The number of anilines is 4. The molecule has 1 saturated heterocycles. The molecule has 2 aromatic heterocycles. The smallest absolute Gasteiger partial charge is 0.229 e. The molecule has 0 radical (unpaired) electrons. The molecule has 1 aliphatic heterocycles. The molecule has 1 saturated carbocycles. The van der Waals surface area contributed by atoms with Crippen LogP contribution in [0.25, 0.3) is 0 Å². The number of hydrogen-bond acceptors (Lipinski definition) is 7. The maximum Gasteiger partial charge on any atom is 0.229 e. The zero-order valence-electron chi connectivity index (χ0n) is 19.0. The van der Waals surface area contributed by atoms with Gasteiger partial charge in [-0.05, 0) is 68.7 Å². The lowest BCUT2D eigenvalue weighted by molar-refractivity contribution is 0.126. The van der Waals surface area contributed by atoms with E-state index in [0.717, 1.165) is 68.7 Å². The summed E-state index contributed by atoms with van der Waals surface area (Å²) in [6.07, 6.45) is 9.02. The van der Waals surface area contributed by atoms with E-state index in [9.17, 15) is 5.11 Å². The van der Waals surface area contributed by atoms with Gasteiger partial charge in [0.25, 0.3) is 0 Å². The molecule has 0 amide bonds. The molecule has 1 aromatic carbocycles. The van der Waals surface area contributed by atoms with Crippen molar-refractivity contribution < 1.29 is 5.11 Å². The fourth-order valence-electron chi connectivity index (χ4n) is 4.87. The van der Waals surface area contributed by atoms with Crippen LogP contribution in [0, 0.1) is 12.1 Å². The summed E-state index contributed by atoms with van der Waals surface area (Å²) in [7, 11) is 0. The molecule has 3 aromatic rings. The van der Waals surface area contributed by atoms with E-state index >= 15 is 0 Å². The molecule has 34 heavy (non-hydrogen) atoms. The quantitative estimate of drug-likeness (QED) is 0.433.